The highest BCUT2D eigenvalue weighted by atomic mass is 127. The van der Waals surface area contributed by atoms with Crippen LogP contribution in [0.2, 0.25) is 0 Å². The predicted octanol–water partition coefficient (Wildman–Crippen LogP) is 3.22. The minimum absolute atomic E-state index is 0. The van der Waals surface area contributed by atoms with E-state index in [1.54, 1.807) is 19.0 Å². The SMILES string of the molecule is CN(C)C(=O)CNC(=NCc1ccccc1)NCc1ccc(CN2CCCC2)cc1.I. The first-order chi connectivity index (χ1) is 14.6. The van der Waals surface area contributed by atoms with Crippen molar-refractivity contribution in [2.24, 2.45) is 4.99 Å². The summed E-state index contributed by atoms with van der Waals surface area (Å²) in [5.41, 5.74) is 3.67. The van der Waals surface area contributed by atoms with E-state index < -0.39 is 0 Å². The molecule has 0 spiro atoms. The van der Waals surface area contributed by atoms with Gasteiger partial charge in [-0.2, -0.15) is 0 Å². The van der Waals surface area contributed by atoms with Gasteiger partial charge >= 0.3 is 0 Å². The van der Waals surface area contributed by atoms with Crippen LogP contribution in [0.25, 0.3) is 0 Å². The third-order valence-corrected chi connectivity index (χ3v) is 5.26. The molecule has 3 rings (SSSR count). The Bertz CT molecular complexity index is 818. The maximum absolute atomic E-state index is 12.0. The van der Waals surface area contributed by atoms with Gasteiger partial charge in [0, 0.05) is 27.2 Å². The molecule has 6 nitrogen and oxygen atoms in total. The van der Waals surface area contributed by atoms with Crippen molar-refractivity contribution >= 4 is 35.8 Å². The number of halogens is 1. The Hall–Kier alpha value is -2.13. The molecule has 1 aliphatic heterocycles. The van der Waals surface area contributed by atoms with Crippen LogP contribution in [0.3, 0.4) is 0 Å². The third kappa shape index (κ3) is 8.86. The summed E-state index contributed by atoms with van der Waals surface area (Å²) in [5, 5.41) is 6.49. The zero-order valence-electron chi connectivity index (χ0n) is 18.5. The summed E-state index contributed by atoms with van der Waals surface area (Å²) in [5.74, 6) is 0.644. The maximum Gasteiger partial charge on any atom is 0.241 e. The highest BCUT2D eigenvalue weighted by Crippen LogP contribution is 2.13. The molecule has 1 fully saturated rings. The summed E-state index contributed by atoms with van der Waals surface area (Å²) >= 11 is 0. The molecule has 1 amide bonds. The molecule has 1 heterocycles. The molecule has 0 unspecified atom stereocenters. The van der Waals surface area contributed by atoms with E-state index in [0.717, 1.165) is 12.1 Å². The molecule has 0 aromatic heterocycles. The van der Waals surface area contributed by atoms with Gasteiger partial charge in [-0.25, -0.2) is 4.99 Å². The molecular formula is C24H34IN5O. The summed E-state index contributed by atoms with van der Waals surface area (Å²) in [6.07, 6.45) is 2.63. The van der Waals surface area contributed by atoms with Gasteiger partial charge in [0.1, 0.15) is 0 Å². The highest BCUT2D eigenvalue weighted by molar-refractivity contribution is 14.0. The Morgan fingerprint density at radius 2 is 1.58 bits per heavy atom. The van der Waals surface area contributed by atoms with E-state index in [-0.39, 0.29) is 36.4 Å². The molecule has 2 aromatic rings. The zero-order chi connectivity index (χ0) is 21.2. The van der Waals surface area contributed by atoms with Crippen LogP contribution in [0.4, 0.5) is 0 Å². The number of rotatable bonds is 8. The monoisotopic (exact) mass is 535 g/mol. The van der Waals surface area contributed by atoms with Crippen LogP contribution in [-0.2, 0) is 24.4 Å². The van der Waals surface area contributed by atoms with Crippen molar-refractivity contribution in [1.82, 2.24) is 20.4 Å². The van der Waals surface area contributed by atoms with Crippen molar-refractivity contribution in [3.8, 4) is 0 Å². The van der Waals surface area contributed by atoms with E-state index in [1.807, 2.05) is 30.3 Å². The second-order valence-electron chi connectivity index (χ2n) is 7.95. The third-order valence-electron chi connectivity index (χ3n) is 5.26. The van der Waals surface area contributed by atoms with E-state index in [0.29, 0.717) is 19.0 Å². The predicted molar refractivity (Wildman–Crippen MR) is 137 cm³/mol. The Balaban J connectivity index is 0.00000341. The van der Waals surface area contributed by atoms with Crippen molar-refractivity contribution in [1.29, 1.82) is 0 Å². The number of amides is 1. The minimum Gasteiger partial charge on any atom is -0.352 e. The molecule has 0 radical (unpaired) electrons. The molecule has 0 bridgehead atoms. The van der Waals surface area contributed by atoms with Gasteiger partial charge in [0.05, 0.1) is 13.1 Å². The number of hydrogen-bond acceptors (Lipinski definition) is 3. The molecule has 1 saturated heterocycles. The Labute approximate surface area is 203 Å². The Morgan fingerprint density at radius 1 is 0.935 bits per heavy atom. The van der Waals surface area contributed by atoms with Crippen LogP contribution in [0, 0.1) is 0 Å². The molecule has 0 atom stereocenters. The van der Waals surface area contributed by atoms with E-state index in [9.17, 15) is 4.79 Å². The number of carbonyl (C=O) groups excluding carboxylic acids is 1. The number of benzene rings is 2. The number of likely N-dealkylation sites (N-methyl/N-ethyl adjacent to an activating group) is 1. The average Bonchev–Trinajstić information content (AvgIpc) is 3.27. The van der Waals surface area contributed by atoms with Crippen LogP contribution >= 0.6 is 24.0 Å². The van der Waals surface area contributed by atoms with Gasteiger partial charge in [-0.05, 0) is 42.6 Å². The van der Waals surface area contributed by atoms with Gasteiger partial charge in [-0.1, -0.05) is 54.6 Å². The average molecular weight is 535 g/mol. The smallest absolute Gasteiger partial charge is 0.241 e. The number of likely N-dealkylation sites (tertiary alicyclic amines) is 1. The van der Waals surface area contributed by atoms with Crippen molar-refractivity contribution in [2.45, 2.75) is 32.5 Å². The van der Waals surface area contributed by atoms with Crippen LogP contribution < -0.4 is 10.6 Å². The largest absolute Gasteiger partial charge is 0.352 e. The van der Waals surface area contributed by atoms with Gasteiger partial charge < -0.3 is 15.5 Å². The number of nitrogens with zero attached hydrogens (tertiary/aromatic N) is 3. The fourth-order valence-electron chi connectivity index (χ4n) is 3.39. The van der Waals surface area contributed by atoms with Crippen LogP contribution in [-0.4, -0.2) is 55.4 Å². The van der Waals surface area contributed by atoms with Crippen LogP contribution in [0.15, 0.2) is 59.6 Å². The van der Waals surface area contributed by atoms with Gasteiger partial charge in [0.2, 0.25) is 5.91 Å². The summed E-state index contributed by atoms with van der Waals surface area (Å²) in [6, 6.07) is 18.8. The summed E-state index contributed by atoms with van der Waals surface area (Å²) in [6.45, 7) is 4.87. The lowest BCUT2D eigenvalue weighted by Gasteiger charge is -2.16. The molecule has 31 heavy (non-hydrogen) atoms. The second kappa shape index (κ2) is 13.3. The second-order valence-corrected chi connectivity index (χ2v) is 7.95. The molecule has 2 N–H and O–H groups in total. The van der Waals surface area contributed by atoms with E-state index in [1.165, 1.54) is 37.1 Å². The molecule has 168 valence electrons. The number of guanidine groups is 1. The molecular weight excluding hydrogens is 501 g/mol. The Kier molecular flexibility index (Phi) is 10.8. The summed E-state index contributed by atoms with van der Waals surface area (Å²) in [4.78, 5) is 20.7. The van der Waals surface area contributed by atoms with Gasteiger partial charge in [-0.3, -0.25) is 9.69 Å². The van der Waals surface area contributed by atoms with Gasteiger partial charge in [-0.15, -0.1) is 24.0 Å². The Morgan fingerprint density at radius 3 is 2.23 bits per heavy atom. The van der Waals surface area contributed by atoms with Crippen LogP contribution in [0.1, 0.15) is 29.5 Å². The number of hydrogen-bond donors (Lipinski definition) is 2. The fraction of sp³-hybridized carbons (Fsp3) is 0.417. The lowest BCUT2D eigenvalue weighted by Crippen LogP contribution is -2.42. The van der Waals surface area contributed by atoms with Crippen molar-refractivity contribution in [2.75, 3.05) is 33.7 Å². The van der Waals surface area contributed by atoms with Crippen molar-refractivity contribution in [3.05, 3.63) is 71.3 Å². The standard InChI is InChI=1S/C24H33N5O.HI/c1-28(2)23(30)18-27-24(25-16-20-8-4-3-5-9-20)26-17-21-10-12-22(13-11-21)19-29-14-6-7-15-29;/h3-5,8-13H,6-7,14-19H2,1-2H3,(H2,25,26,27);1H. The number of carbonyl (C=O) groups is 1. The first-order valence-corrected chi connectivity index (χ1v) is 10.7. The minimum atomic E-state index is 0. The zero-order valence-corrected chi connectivity index (χ0v) is 20.8. The number of nitrogens with one attached hydrogen (secondary N) is 2. The number of aliphatic imine (C=N–C) groups is 1. The van der Waals surface area contributed by atoms with E-state index >= 15 is 0 Å². The molecule has 7 heteroatoms. The maximum atomic E-state index is 12.0. The topological polar surface area (TPSA) is 60.0 Å². The quantitative estimate of drug-likeness (QED) is 0.310. The van der Waals surface area contributed by atoms with Crippen molar-refractivity contribution in [3.63, 3.8) is 0 Å². The van der Waals surface area contributed by atoms with E-state index in [4.69, 9.17) is 0 Å². The van der Waals surface area contributed by atoms with Crippen LogP contribution in [0.5, 0.6) is 0 Å². The highest BCUT2D eigenvalue weighted by Gasteiger charge is 2.11. The first-order valence-electron chi connectivity index (χ1n) is 10.7. The lowest BCUT2D eigenvalue weighted by atomic mass is 10.1. The van der Waals surface area contributed by atoms with Crippen molar-refractivity contribution < 1.29 is 4.79 Å². The summed E-state index contributed by atoms with van der Waals surface area (Å²) in [7, 11) is 3.50. The lowest BCUT2D eigenvalue weighted by molar-refractivity contribution is -0.127. The summed E-state index contributed by atoms with van der Waals surface area (Å²) < 4.78 is 0. The van der Waals surface area contributed by atoms with Gasteiger partial charge in [0.15, 0.2) is 5.96 Å². The fourth-order valence-corrected chi connectivity index (χ4v) is 3.39. The van der Waals surface area contributed by atoms with Gasteiger partial charge in [0.25, 0.3) is 0 Å². The molecule has 0 aliphatic carbocycles. The molecule has 1 aliphatic rings. The molecule has 0 saturated carbocycles. The molecule has 2 aromatic carbocycles. The first kappa shape index (κ1) is 25.1. The van der Waals surface area contributed by atoms with E-state index in [2.05, 4.69) is 44.8 Å². The normalized spacial score (nSPS) is 14.1.